The molecule has 1 rings (SSSR count). The van der Waals surface area contributed by atoms with E-state index in [0.717, 1.165) is 12.0 Å². The zero-order valence-corrected chi connectivity index (χ0v) is 9.90. The molecule has 0 aliphatic carbocycles. The number of hydrogen-bond acceptors (Lipinski definition) is 2. The first-order chi connectivity index (χ1) is 8.27. The Morgan fingerprint density at radius 2 is 2.12 bits per heavy atom. The van der Waals surface area contributed by atoms with Crippen LogP contribution in [0.15, 0.2) is 41.5 Å². The van der Waals surface area contributed by atoms with Crippen molar-refractivity contribution in [3.8, 4) is 0 Å². The van der Waals surface area contributed by atoms with Crippen molar-refractivity contribution in [2.45, 2.75) is 31.9 Å². The van der Waals surface area contributed by atoms with Gasteiger partial charge in [0.2, 0.25) is 0 Å². The Bertz CT molecular complexity index is 396. The summed E-state index contributed by atoms with van der Waals surface area (Å²) in [6.45, 7) is 1.99. The summed E-state index contributed by atoms with van der Waals surface area (Å²) in [5.74, 6) is 0. The van der Waals surface area contributed by atoms with Crippen LogP contribution in [0.3, 0.4) is 0 Å². The Hall–Kier alpha value is -1.77. The average Bonchev–Trinajstić information content (AvgIpc) is 2.37. The highest BCUT2D eigenvalue weighted by molar-refractivity contribution is 5.49. The maximum absolute atomic E-state index is 9.88. The minimum atomic E-state index is -0.731. The van der Waals surface area contributed by atoms with Crippen molar-refractivity contribution >= 4 is 6.08 Å². The van der Waals surface area contributed by atoms with E-state index < -0.39 is 6.10 Å². The van der Waals surface area contributed by atoms with Crippen LogP contribution in [0.4, 0.5) is 0 Å². The Balaban J connectivity index is 2.66. The summed E-state index contributed by atoms with van der Waals surface area (Å²) in [7, 11) is 0. The van der Waals surface area contributed by atoms with Gasteiger partial charge in [0.15, 0.2) is 0 Å². The second-order valence-electron chi connectivity index (χ2n) is 3.82. The van der Waals surface area contributed by atoms with Gasteiger partial charge in [0, 0.05) is 4.91 Å². The lowest BCUT2D eigenvalue weighted by molar-refractivity contribution is 0.186. The van der Waals surface area contributed by atoms with Gasteiger partial charge in [0.25, 0.3) is 0 Å². The minimum absolute atomic E-state index is 0.384. The SMILES string of the molecule is CCC[C@H](N=[N+]=[N-])[C@H](O)/C=C/c1ccccc1. The monoisotopic (exact) mass is 231 g/mol. The highest BCUT2D eigenvalue weighted by atomic mass is 16.3. The van der Waals surface area contributed by atoms with Gasteiger partial charge < -0.3 is 5.11 Å². The summed E-state index contributed by atoms with van der Waals surface area (Å²) >= 11 is 0. The summed E-state index contributed by atoms with van der Waals surface area (Å²) in [6, 6.07) is 9.32. The van der Waals surface area contributed by atoms with Crippen molar-refractivity contribution in [1.82, 2.24) is 0 Å². The van der Waals surface area contributed by atoms with E-state index in [1.165, 1.54) is 0 Å². The molecule has 0 radical (unpaired) electrons. The molecular weight excluding hydrogens is 214 g/mol. The van der Waals surface area contributed by atoms with E-state index in [1.54, 1.807) is 6.08 Å². The number of aliphatic hydroxyl groups is 1. The molecule has 0 bridgehead atoms. The highest BCUT2D eigenvalue weighted by Crippen LogP contribution is 2.11. The lowest BCUT2D eigenvalue weighted by Crippen LogP contribution is -2.21. The van der Waals surface area contributed by atoms with E-state index in [9.17, 15) is 5.11 Å². The van der Waals surface area contributed by atoms with E-state index in [4.69, 9.17) is 5.53 Å². The predicted octanol–water partition coefficient (Wildman–Crippen LogP) is 3.54. The third-order valence-corrected chi connectivity index (χ3v) is 2.46. The summed E-state index contributed by atoms with van der Waals surface area (Å²) in [5.41, 5.74) is 9.44. The second kappa shape index (κ2) is 7.49. The van der Waals surface area contributed by atoms with Crippen LogP contribution in [0.25, 0.3) is 16.5 Å². The van der Waals surface area contributed by atoms with Gasteiger partial charge in [-0.3, -0.25) is 0 Å². The molecule has 0 aliphatic heterocycles. The van der Waals surface area contributed by atoms with Crippen LogP contribution in [0.2, 0.25) is 0 Å². The van der Waals surface area contributed by atoms with E-state index >= 15 is 0 Å². The zero-order chi connectivity index (χ0) is 12.5. The Kier molecular flexibility index (Phi) is 5.86. The molecule has 0 aliphatic rings. The third-order valence-electron chi connectivity index (χ3n) is 2.46. The first kappa shape index (κ1) is 13.3. The van der Waals surface area contributed by atoms with Crippen LogP contribution >= 0.6 is 0 Å². The first-order valence-electron chi connectivity index (χ1n) is 5.73. The predicted molar refractivity (Wildman–Crippen MR) is 69.3 cm³/mol. The van der Waals surface area contributed by atoms with Gasteiger partial charge in [-0.2, -0.15) is 0 Å². The van der Waals surface area contributed by atoms with Crippen LogP contribution in [-0.2, 0) is 0 Å². The smallest absolute Gasteiger partial charge is 0.0808 e. The molecule has 0 saturated heterocycles. The number of nitrogens with zero attached hydrogens (tertiary/aromatic N) is 3. The molecule has 0 heterocycles. The van der Waals surface area contributed by atoms with Gasteiger partial charge in [-0.1, -0.05) is 60.9 Å². The van der Waals surface area contributed by atoms with Gasteiger partial charge in [-0.25, -0.2) is 0 Å². The molecule has 4 nitrogen and oxygen atoms in total. The van der Waals surface area contributed by atoms with E-state index in [2.05, 4.69) is 10.0 Å². The topological polar surface area (TPSA) is 69.0 Å². The standard InChI is InChI=1S/C13H17N3O/c1-2-6-12(15-16-14)13(17)10-9-11-7-4-3-5-8-11/h3-5,7-10,12-13,17H,2,6H2,1H3/b10-9+/t12-,13+/m0/s1. The van der Waals surface area contributed by atoms with Gasteiger partial charge in [-0.15, -0.1) is 0 Å². The quantitative estimate of drug-likeness (QED) is 0.454. The molecule has 4 heteroatoms. The fraction of sp³-hybridized carbons (Fsp3) is 0.385. The molecule has 17 heavy (non-hydrogen) atoms. The molecule has 0 amide bonds. The number of aliphatic hydroxyl groups excluding tert-OH is 1. The minimum Gasteiger partial charge on any atom is -0.389 e. The van der Waals surface area contributed by atoms with Gasteiger partial charge in [-0.05, 0) is 17.5 Å². The maximum atomic E-state index is 9.88. The van der Waals surface area contributed by atoms with Gasteiger partial charge >= 0.3 is 0 Å². The molecule has 0 saturated carbocycles. The third kappa shape index (κ3) is 4.72. The Labute approximate surface area is 101 Å². The van der Waals surface area contributed by atoms with Crippen molar-refractivity contribution in [1.29, 1.82) is 0 Å². The molecule has 0 spiro atoms. The summed E-state index contributed by atoms with van der Waals surface area (Å²) in [4.78, 5) is 2.76. The Morgan fingerprint density at radius 3 is 2.71 bits per heavy atom. The average molecular weight is 231 g/mol. The first-order valence-corrected chi connectivity index (χ1v) is 5.73. The van der Waals surface area contributed by atoms with Crippen molar-refractivity contribution in [3.05, 3.63) is 52.4 Å². The largest absolute Gasteiger partial charge is 0.389 e. The fourth-order valence-corrected chi connectivity index (χ4v) is 1.56. The van der Waals surface area contributed by atoms with Crippen LogP contribution < -0.4 is 0 Å². The summed E-state index contributed by atoms with van der Waals surface area (Å²) in [6.07, 6.45) is 4.33. The van der Waals surface area contributed by atoms with Crippen LogP contribution in [-0.4, -0.2) is 17.3 Å². The molecule has 1 aromatic rings. The zero-order valence-electron chi connectivity index (χ0n) is 9.90. The normalized spacial score (nSPS) is 14.2. The second-order valence-corrected chi connectivity index (χ2v) is 3.82. The molecule has 0 unspecified atom stereocenters. The van der Waals surface area contributed by atoms with Crippen LogP contribution in [0.1, 0.15) is 25.3 Å². The lowest BCUT2D eigenvalue weighted by Gasteiger charge is -2.13. The Morgan fingerprint density at radius 1 is 1.41 bits per heavy atom. The van der Waals surface area contributed by atoms with Crippen LogP contribution in [0.5, 0.6) is 0 Å². The van der Waals surface area contributed by atoms with Gasteiger partial charge in [0.1, 0.15) is 0 Å². The summed E-state index contributed by atoms with van der Waals surface area (Å²) in [5, 5.41) is 13.5. The van der Waals surface area contributed by atoms with E-state index in [0.29, 0.717) is 6.42 Å². The molecule has 0 aromatic heterocycles. The molecule has 2 atom stereocenters. The lowest BCUT2D eigenvalue weighted by atomic mass is 10.1. The van der Waals surface area contributed by atoms with E-state index in [1.807, 2.05) is 43.3 Å². The number of benzene rings is 1. The van der Waals surface area contributed by atoms with Crippen molar-refractivity contribution in [2.24, 2.45) is 5.11 Å². The molecule has 90 valence electrons. The molecule has 0 fully saturated rings. The van der Waals surface area contributed by atoms with Crippen LogP contribution in [0, 0.1) is 0 Å². The van der Waals surface area contributed by atoms with Gasteiger partial charge in [0.05, 0.1) is 12.1 Å². The molecular formula is C13H17N3O. The van der Waals surface area contributed by atoms with E-state index in [-0.39, 0.29) is 6.04 Å². The fourth-order valence-electron chi connectivity index (χ4n) is 1.56. The number of hydrogen-bond donors (Lipinski definition) is 1. The number of rotatable bonds is 6. The van der Waals surface area contributed by atoms with Crippen molar-refractivity contribution < 1.29 is 5.11 Å². The molecule has 1 aromatic carbocycles. The van der Waals surface area contributed by atoms with Crippen molar-refractivity contribution in [2.75, 3.05) is 0 Å². The maximum Gasteiger partial charge on any atom is 0.0808 e. The highest BCUT2D eigenvalue weighted by Gasteiger charge is 2.13. The molecule has 1 N–H and O–H groups in total. The van der Waals surface area contributed by atoms with Crippen molar-refractivity contribution in [3.63, 3.8) is 0 Å². The summed E-state index contributed by atoms with van der Waals surface area (Å²) < 4.78 is 0. The number of azide groups is 1.